The number of esters is 1. The van der Waals surface area contributed by atoms with Gasteiger partial charge < -0.3 is 9.64 Å². The fourth-order valence-corrected chi connectivity index (χ4v) is 1.23. The molecule has 0 aromatic rings. The van der Waals surface area contributed by atoms with Crippen molar-refractivity contribution in [2.24, 2.45) is 0 Å². The number of Topliss-reactive ketones (excluding diaryl/α,β-unsaturated/α-hetero) is 1. The van der Waals surface area contributed by atoms with E-state index in [0.717, 1.165) is 0 Å². The zero-order valence-corrected chi connectivity index (χ0v) is 8.78. The first-order valence-electron chi connectivity index (χ1n) is 4.57. The maximum atomic E-state index is 11.2. The van der Waals surface area contributed by atoms with E-state index in [-0.39, 0.29) is 24.7 Å². The molecule has 1 amide bonds. The molecule has 0 aromatic carbocycles. The van der Waals surface area contributed by atoms with Crippen LogP contribution >= 0.6 is 0 Å². The molecule has 0 aliphatic carbocycles. The van der Waals surface area contributed by atoms with Crippen LogP contribution in [0.15, 0.2) is 12.2 Å². The summed E-state index contributed by atoms with van der Waals surface area (Å²) in [6.07, 6.45) is -0.351. The van der Waals surface area contributed by atoms with Crippen LogP contribution in [0.2, 0.25) is 0 Å². The Morgan fingerprint density at radius 2 is 2.13 bits per heavy atom. The lowest BCUT2D eigenvalue weighted by Gasteiger charge is -2.39. The number of hydrogen-bond donors (Lipinski definition) is 0. The van der Waals surface area contributed by atoms with Crippen LogP contribution in [-0.4, -0.2) is 35.3 Å². The molecule has 0 bridgehead atoms. The Hall–Kier alpha value is -1.65. The zero-order valence-electron chi connectivity index (χ0n) is 8.78. The molecule has 1 heterocycles. The molecule has 0 radical (unpaired) electrons. The van der Waals surface area contributed by atoms with Gasteiger partial charge >= 0.3 is 5.97 Å². The van der Waals surface area contributed by atoms with E-state index < -0.39 is 12.2 Å². The van der Waals surface area contributed by atoms with Gasteiger partial charge in [0.25, 0.3) is 0 Å². The topological polar surface area (TPSA) is 63.7 Å². The van der Waals surface area contributed by atoms with Crippen LogP contribution in [0.4, 0.5) is 0 Å². The molecule has 1 aliphatic heterocycles. The lowest BCUT2D eigenvalue weighted by molar-refractivity contribution is -0.181. The number of ketones is 1. The van der Waals surface area contributed by atoms with Crippen molar-refractivity contribution in [3.8, 4) is 0 Å². The standard InChI is InChI=1S/C10H13NO4/c1-6(7(2)12)5-11-9(14)4-10(11)15-8(3)13/h10H,1,4-5H2,2-3H3. The second kappa shape index (κ2) is 4.25. The van der Waals surface area contributed by atoms with Crippen molar-refractivity contribution >= 4 is 17.7 Å². The Balaban J connectivity index is 2.52. The molecule has 82 valence electrons. The van der Waals surface area contributed by atoms with Crippen LogP contribution in [0.3, 0.4) is 0 Å². The van der Waals surface area contributed by atoms with Crippen LogP contribution < -0.4 is 0 Å². The minimum absolute atomic E-state index is 0.131. The summed E-state index contributed by atoms with van der Waals surface area (Å²) in [6.45, 7) is 6.33. The molecule has 15 heavy (non-hydrogen) atoms. The van der Waals surface area contributed by atoms with E-state index in [1.807, 2.05) is 0 Å². The number of hydrogen-bond acceptors (Lipinski definition) is 4. The molecular weight excluding hydrogens is 198 g/mol. The molecule has 1 unspecified atom stereocenters. The van der Waals surface area contributed by atoms with Crippen molar-refractivity contribution in [3.63, 3.8) is 0 Å². The largest absolute Gasteiger partial charge is 0.441 e. The minimum atomic E-state index is -0.536. The van der Waals surface area contributed by atoms with Crippen LogP contribution in [0.1, 0.15) is 20.3 Å². The third-order valence-electron chi connectivity index (χ3n) is 2.18. The molecule has 0 saturated carbocycles. The number of nitrogens with zero attached hydrogens (tertiary/aromatic N) is 1. The highest BCUT2D eigenvalue weighted by Crippen LogP contribution is 2.21. The quantitative estimate of drug-likeness (QED) is 0.380. The normalized spacial score (nSPS) is 19.5. The van der Waals surface area contributed by atoms with Crippen molar-refractivity contribution in [1.29, 1.82) is 0 Å². The van der Waals surface area contributed by atoms with Gasteiger partial charge in [-0.05, 0) is 6.92 Å². The van der Waals surface area contributed by atoms with E-state index in [2.05, 4.69) is 6.58 Å². The molecule has 1 rings (SSSR count). The fourth-order valence-electron chi connectivity index (χ4n) is 1.23. The maximum Gasteiger partial charge on any atom is 0.304 e. The average Bonchev–Trinajstić information content (AvgIpc) is 2.12. The Morgan fingerprint density at radius 3 is 2.53 bits per heavy atom. The van der Waals surface area contributed by atoms with E-state index in [1.54, 1.807) is 0 Å². The molecule has 1 fully saturated rings. The Labute approximate surface area is 87.7 Å². The van der Waals surface area contributed by atoms with Gasteiger partial charge in [0.1, 0.15) is 0 Å². The van der Waals surface area contributed by atoms with E-state index >= 15 is 0 Å². The number of carbonyl (C=O) groups excluding carboxylic acids is 3. The summed E-state index contributed by atoms with van der Waals surface area (Å²) >= 11 is 0. The van der Waals surface area contributed by atoms with Crippen LogP contribution in [0, 0.1) is 0 Å². The summed E-state index contributed by atoms with van der Waals surface area (Å²) in [4.78, 5) is 34.1. The second-order valence-electron chi connectivity index (χ2n) is 3.45. The number of carbonyl (C=O) groups is 3. The van der Waals surface area contributed by atoms with Gasteiger partial charge in [-0.1, -0.05) is 6.58 Å². The Bertz CT molecular complexity index is 334. The third-order valence-corrected chi connectivity index (χ3v) is 2.18. The zero-order chi connectivity index (χ0) is 11.6. The smallest absolute Gasteiger partial charge is 0.304 e. The summed E-state index contributed by atoms with van der Waals surface area (Å²) in [7, 11) is 0. The van der Waals surface area contributed by atoms with E-state index in [0.29, 0.717) is 5.57 Å². The first kappa shape index (κ1) is 11.4. The summed E-state index contributed by atoms with van der Waals surface area (Å²) in [5, 5.41) is 0. The molecule has 5 nitrogen and oxygen atoms in total. The van der Waals surface area contributed by atoms with E-state index in [1.165, 1.54) is 18.7 Å². The van der Waals surface area contributed by atoms with E-state index in [4.69, 9.17) is 4.74 Å². The number of ether oxygens (including phenoxy) is 1. The predicted molar refractivity (Wildman–Crippen MR) is 51.7 cm³/mol. The van der Waals surface area contributed by atoms with Crippen molar-refractivity contribution in [1.82, 2.24) is 4.90 Å². The minimum Gasteiger partial charge on any atom is -0.441 e. The lowest BCUT2D eigenvalue weighted by Crippen LogP contribution is -2.55. The van der Waals surface area contributed by atoms with Gasteiger partial charge in [0.05, 0.1) is 13.0 Å². The van der Waals surface area contributed by atoms with Gasteiger partial charge in [0.15, 0.2) is 12.0 Å². The number of likely N-dealkylation sites (tertiary alicyclic amines) is 1. The van der Waals surface area contributed by atoms with Crippen LogP contribution in [-0.2, 0) is 19.1 Å². The number of rotatable bonds is 4. The Morgan fingerprint density at radius 1 is 1.53 bits per heavy atom. The highest BCUT2D eigenvalue weighted by atomic mass is 16.6. The highest BCUT2D eigenvalue weighted by molar-refractivity contribution is 5.94. The SMILES string of the molecule is C=C(CN1C(=O)CC1OC(C)=O)C(C)=O. The molecular formula is C10H13NO4. The summed E-state index contributed by atoms with van der Waals surface area (Å²) in [5.74, 6) is -0.745. The monoisotopic (exact) mass is 211 g/mol. The molecule has 0 spiro atoms. The average molecular weight is 211 g/mol. The highest BCUT2D eigenvalue weighted by Gasteiger charge is 2.38. The molecule has 5 heteroatoms. The van der Waals surface area contributed by atoms with Crippen molar-refractivity contribution < 1.29 is 19.1 Å². The second-order valence-corrected chi connectivity index (χ2v) is 3.45. The van der Waals surface area contributed by atoms with Crippen molar-refractivity contribution in [2.75, 3.05) is 6.54 Å². The van der Waals surface area contributed by atoms with E-state index in [9.17, 15) is 14.4 Å². The predicted octanol–water partition coefficient (Wildman–Crippen LogP) is 0.253. The summed E-state index contributed by atoms with van der Waals surface area (Å²) < 4.78 is 4.86. The summed E-state index contributed by atoms with van der Waals surface area (Å²) in [5.41, 5.74) is 0.334. The van der Waals surface area contributed by atoms with Gasteiger partial charge in [0, 0.05) is 12.5 Å². The Kier molecular flexibility index (Phi) is 3.24. The molecule has 1 atom stereocenters. The number of amides is 1. The van der Waals surface area contributed by atoms with Gasteiger partial charge in [0.2, 0.25) is 5.91 Å². The van der Waals surface area contributed by atoms with Gasteiger partial charge in [-0.3, -0.25) is 14.4 Å². The molecule has 0 aromatic heterocycles. The van der Waals surface area contributed by atoms with Crippen LogP contribution in [0.5, 0.6) is 0 Å². The van der Waals surface area contributed by atoms with Crippen LogP contribution in [0.25, 0.3) is 0 Å². The van der Waals surface area contributed by atoms with Gasteiger partial charge in [-0.2, -0.15) is 0 Å². The molecule has 1 saturated heterocycles. The summed E-state index contributed by atoms with van der Waals surface area (Å²) in [6, 6.07) is 0. The maximum absolute atomic E-state index is 11.2. The van der Waals surface area contributed by atoms with Gasteiger partial charge in [-0.15, -0.1) is 0 Å². The lowest BCUT2D eigenvalue weighted by atomic mass is 10.1. The molecule has 0 N–H and O–H groups in total. The molecule has 1 aliphatic rings. The first-order chi connectivity index (χ1) is 6.91. The van der Waals surface area contributed by atoms with Crippen molar-refractivity contribution in [3.05, 3.63) is 12.2 Å². The van der Waals surface area contributed by atoms with Gasteiger partial charge in [-0.25, -0.2) is 0 Å². The fraction of sp³-hybridized carbons (Fsp3) is 0.500. The number of β-lactam (4-membered cyclic amide) rings is 1. The first-order valence-corrected chi connectivity index (χ1v) is 4.57. The van der Waals surface area contributed by atoms with Crippen molar-refractivity contribution in [2.45, 2.75) is 26.5 Å². The third kappa shape index (κ3) is 2.65.